The van der Waals surface area contributed by atoms with E-state index >= 15 is 0 Å². The predicted octanol–water partition coefficient (Wildman–Crippen LogP) is 2.57. The Labute approximate surface area is 136 Å². The van der Waals surface area contributed by atoms with Crippen LogP contribution in [0.4, 0.5) is 0 Å². The number of allylic oxidation sites excluding steroid dienone is 3. The fraction of sp³-hybridized carbons (Fsp3) is 0.579. The van der Waals surface area contributed by atoms with Crippen molar-refractivity contribution in [3.05, 3.63) is 48.1 Å². The molecule has 4 aliphatic rings. The van der Waals surface area contributed by atoms with E-state index in [4.69, 9.17) is 0 Å². The second-order valence-electron chi connectivity index (χ2n) is 7.77. The number of rotatable bonds is 3. The summed E-state index contributed by atoms with van der Waals surface area (Å²) in [7, 11) is 0. The van der Waals surface area contributed by atoms with Crippen molar-refractivity contribution in [3.8, 4) is 0 Å². The van der Waals surface area contributed by atoms with Gasteiger partial charge >= 0.3 is 0 Å². The van der Waals surface area contributed by atoms with Gasteiger partial charge in [0.2, 0.25) is 0 Å². The molecule has 2 heterocycles. The van der Waals surface area contributed by atoms with E-state index in [2.05, 4.69) is 33.1 Å². The Balaban J connectivity index is 1.39. The third-order valence-corrected chi connectivity index (χ3v) is 6.69. The van der Waals surface area contributed by atoms with E-state index in [0.29, 0.717) is 17.5 Å². The van der Waals surface area contributed by atoms with Crippen LogP contribution in [0.5, 0.6) is 0 Å². The van der Waals surface area contributed by atoms with Gasteiger partial charge < -0.3 is 5.11 Å². The van der Waals surface area contributed by atoms with Crippen LogP contribution in [0.2, 0.25) is 0 Å². The highest BCUT2D eigenvalue weighted by Crippen LogP contribution is 2.69. The van der Waals surface area contributed by atoms with Crippen molar-refractivity contribution in [2.75, 3.05) is 6.54 Å². The van der Waals surface area contributed by atoms with Gasteiger partial charge in [0.1, 0.15) is 5.60 Å². The van der Waals surface area contributed by atoms with Crippen LogP contribution in [-0.2, 0) is 5.60 Å². The molecule has 4 nitrogen and oxygen atoms in total. The second kappa shape index (κ2) is 4.74. The zero-order valence-electron chi connectivity index (χ0n) is 13.4. The van der Waals surface area contributed by atoms with Crippen molar-refractivity contribution in [1.29, 1.82) is 0 Å². The monoisotopic (exact) mass is 309 g/mol. The van der Waals surface area contributed by atoms with Crippen LogP contribution in [0.3, 0.4) is 0 Å². The Kier molecular flexibility index (Phi) is 2.86. The van der Waals surface area contributed by atoms with Gasteiger partial charge in [-0.05, 0) is 38.5 Å². The molecule has 1 saturated heterocycles. The average Bonchev–Trinajstić information content (AvgIpc) is 2.90. The summed E-state index contributed by atoms with van der Waals surface area (Å²) in [5, 5.41) is 11.2. The van der Waals surface area contributed by atoms with Gasteiger partial charge in [0, 0.05) is 36.4 Å². The minimum absolute atomic E-state index is 0.345. The molecule has 1 aromatic rings. The summed E-state index contributed by atoms with van der Waals surface area (Å²) in [6.07, 6.45) is 18.4. The first-order chi connectivity index (χ1) is 11.2. The van der Waals surface area contributed by atoms with Crippen LogP contribution in [-0.4, -0.2) is 38.6 Å². The van der Waals surface area contributed by atoms with Gasteiger partial charge in [-0.1, -0.05) is 23.8 Å². The van der Waals surface area contributed by atoms with Crippen LogP contribution in [0.15, 0.2) is 42.4 Å². The normalized spacial score (nSPS) is 41.5. The average molecular weight is 309 g/mol. The van der Waals surface area contributed by atoms with Gasteiger partial charge in [-0.2, -0.15) is 0 Å². The number of likely N-dealkylation sites (tertiary alicyclic amines) is 1. The van der Waals surface area contributed by atoms with Crippen molar-refractivity contribution < 1.29 is 5.11 Å². The second-order valence-corrected chi connectivity index (χ2v) is 7.77. The summed E-state index contributed by atoms with van der Waals surface area (Å²) in [6.45, 7) is 1.08. The predicted molar refractivity (Wildman–Crippen MR) is 87.6 cm³/mol. The lowest BCUT2D eigenvalue weighted by Crippen LogP contribution is -2.74. The quantitative estimate of drug-likeness (QED) is 0.932. The molecule has 3 aliphatic carbocycles. The van der Waals surface area contributed by atoms with Crippen LogP contribution in [0, 0.1) is 5.41 Å². The highest BCUT2D eigenvalue weighted by atomic mass is 16.3. The van der Waals surface area contributed by atoms with E-state index in [1.54, 1.807) is 24.2 Å². The smallest absolute Gasteiger partial charge is 0.110 e. The number of aliphatic hydroxyl groups is 1. The summed E-state index contributed by atoms with van der Waals surface area (Å²) in [5.41, 5.74) is 1.86. The Morgan fingerprint density at radius 2 is 2.26 bits per heavy atom. The number of hydrogen-bond donors (Lipinski definition) is 1. The minimum atomic E-state index is -0.785. The van der Waals surface area contributed by atoms with Crippen molar-refractivity contribution in [2.24, 2.45) is 5.41 Å². The number of piperidine rings is 1. The summed E-state index contributed by atoms with van der Waals surface area (Å²) < 4.78 is 0. The molecule has 23 heavy (non-hydrogen) atoms. The van der Waals surface area contributed by atoms with E-state index in [1.165, 1.54) is 25.7 Å². The first-order valence-corrected chi connectivity index (χ1v) is 8.81. The van der Waals surface area contributed by atoms with Gasteiger partial charge in [-0.15, -0.1) is 0 Å². The largest absolute Gasteiger partial charge is 0.383 e. The third-order valence-electron chi connectivity index (χ3n) is 6.69. The molecule has 0 radical (unpaired) electrons. The summed E-state index contributed by atoms with van der Waals surface area (Å²) >= 11 is 0. The summed E-state index contributed by atoms with van der Waals surface area (Å²) in [4.78, 5) is 11.2. The summed E-state index contributed by atoms with van der Waals surface area (Å²) in [5.74, 6) is 0. The molecule has 4 heteroatoms. The molecule has 0 aromatic carbocycles. The fourth-order valence-corrected chi connectivity index (χ4v) is 5.55. The number of hydrogen-bond acceptors (Lipinski definition) is 4. The standard InChI is InChI=1S/C19H23N3O/c23-19(15-11-20-8-9-21-15)10-17-18(13-19)7-6-16(18)22(17)12-14-4-2-1-3-5-14/h1-2,4,8-9,11,16-17,23H,3,5-7,10,12-13H2. The molecule has 5 rings (SSSR count). The van der Waals surface area contributed by atoms with Gasteiger partial charge in [-0.25, -0.2) is 0 Å². The maximum Gasteiger partial charge on any atom is 0.110 e. The molecule has 1 spiro atoms. The van der Waals surface area contributed by atoms with Crippen LogP contribution < -0.4 is 0 Å². The molecule has 4 unspecified atom stereocenters. The van der Waals surface area contributed by atoms with E-state index in [0.717, 1.165) is 25.1 Å². The van der Waals surface area contributed by atoms with E-state index in [-0.39, 0.29) is 0 Å². The van der Waals surface area contributed by atoms with Gasteiger partial charge in [0.25, 0.3) is 0 Å². The zero-order chi connectivity index (χ0) is 15.5. The van der Waals surface area contributed by atoms with Gasteiger partial charge in [0.15, 0.2) is 0 Å². The molecular formula is C19H23N3O. The van der Waals surface area contributed by atoms with Crippen LogP contribution in [0.1, 0.15) is 44.2 Å². The molecule has 1 aromatic heterocycles. The maximum atomic E-state index is 11.2. The molecule has 3 fully saturated rings. The number of nitrogens with zero attached hydrogens (tertiary/aromatic N) is 3. The Bertz CT molecular complexity index is 685. The van der Waals surface area contributed by atoms with E-state index < -0.39 is 5.60 Å². The first kappa shape index (κ1) is 13.9. The number of aromatic nitrogens is 2. The topological polar surface area (TPSA) is 49.3 Å². The molecule has 0 amide bonds. The molecule has 120 valence electrons. The van der Waals surface area contributed by atoms with Crippen LogP contribution in [0.25, 0.3) is 0 Å². The molecular weight excluding hydrogens is 286 g/mol. The molecule has 2 saturated carbocycles. The molecule has 1 aliphatic heterocycles. The molecule has 4 atom stereocenters. The SMILES string of the molecule is OC1(c2cnccn2)CC2N(CC3=CC=CCC3)C3CCC32C1. The van der Waals surface area contributed by atoms with Crippen molar-refractivity contribution in [1.82, 2.24) is 14.9 Å². The fourth-order valence-electron chi connectivity index (χ4n) is 5.55. The lowest BCUT2D eigenvalue weighted by Gasteiger charge is -2.68. The van der Waals surface area contributed by atoms with E-state index in [1.807, 2.05) is 0 Å². The van der Waals surface area contributed by atoms with Crippen molar-refractivity contribution in [2.45, 2.75) is 56.2 Å². The zero-order valence-corrected chi connectivity index (χ0v) is 13.4. The first-order valence-electron chi connectivity index (χ1n) is 8.81. The lowest BCUT2D eigenvalue weighted by atomic mass is 9.53. The van der Waals surface area contributed by atoms with Crippen molar-refractivity contribution in [3.63, 3.8) is 0 Å². The summed E-state index contributed by atoms with van der Waals surface area (Å²) in [6, 6.07) is 1.19. The van der Waals surface area contributed by atoms with Gasteiger partial charge in [-0.3, -0.25) is 14.9 Å². The highest BCUT2D eigenvalue weighted by molar-refractivity contribution is 5.31. The Morgan fingerprint density at radius 1 is 1.30 bits per heavy atom. The van der Waals surface area contributed by atoms with Crippen LogP contribution >= 0.6 is 0 Å². The van der Waals surface area contributed by atoms with Gasteiger partial charge in [0.05, 0.1) is 11.9 Å². The molecule has 0 bridgehead atoms. The molecule has 1 N–H and O–H groups in total. The third kappa shape index (κ3) is 1.85. The van der Waals surface area contributed by atoms with Crippen molar-refractivity contribution >= 4 is 0 Å². The maximum absolute atomic E-state index is 11.2. The lowest BCUT2D eigenvalue weighted by molar-refractivity contribution is -0.185. The Hall–Kier alpha value is -1.52. The minimum Gasteiger partial charge on any atom is -0.383 e. The van der Waals surface area contributed by atoms with E-state index in [9.17, 15) is 5.11 Å². The highest BCUT2D eigenvalue weighted by Gasteiger charge is 2.72. The Morgan fingerprint density at radius 3 is 2.96 bits per heavy atom.